The van der Waals surface area contributed by atoms with Gasteiger partial charge in [-0.15, -0.1) is 0 Å². The SMILES string of the molecule is COc1ccccc1NC(=O)/C(C#N)=C\Nc1ccccn1. The predicted octanol–water partition coefficient (Wildman–Crippen LogP) is 2.55. The maximum absolute atomic E-state index is 12.1. The highest BCUT2D eigenvalue weighted by Gasteiger charge is 2.11. The number of nitrogens with zero attached hydrogens (tertiary/aromatic N) is 2. The van der Waals surface area contributed by atoms with Gasteiger partial charge in [-0.2, -0.15) is 5.26 Å². The number of pyridine rings is 1. The molecule has 110 valence electrons. The molecule has 0 radical (unpaired) electrons. The van der Waals surface area contributed by atoms with Crippen molar-refractivity contribution in [2.24, 2.45) is 0 Å². The van der Waals surface area contributed by atoms with Crippen molar-refractivity contribution in [1.29, 1.82) is 5.26 Å². The van der Waals surface area contributed by atoms with Crippen LogP contribution in [-0.4, -0.2) is 18.0 Å². The number of benzene rings is 1. The summed E-state index contributed by atoms with van der Waals surface area (Å²) >= 11 is 0. The van der Waals surface area contributed by atoms with Crippen molar-refractivity contribution in [3.8, 4) is 11.8 Å². The monoisotopic (exact) mass is 294 g/mol. The number of hydrogen-bond acceptors (Lipinski definition) is 5. The Hall–Kier alpha value is -3.33. The highest BCUT2D eigenvalue weighted by atomic mass is 16.5. The summed E-state index contributed by atoms with van der Waals surface area (Å²) in [4.78, 5) is 16.2. The number of carbonyl (C=O) groups excluding carboxylic acids is 1. The molecule has 0 saturated heterocycles. The molecule has 0 fully saturated rings. The summed E-state index contributed by atoms with van der Waals surface area (Å²) < 4.78 is 5.15. The largest absolute Gasteiger partial charge is 0.495 e. The van der Waals surface area contributed by atoms with Crippen molar-refractivity contribution in [2.75, 3.05) is 17.7 Å². The molecule has 6 nitrogen and oxygen atoms in total. The first-order valence-electron chi connectivity index (χ1n) is 6.47. The predicted molar refractivity (Wildman–Crippen MR) is 83.2 cm³/mol. The van der Waals surface area contributed by atoms with E-state index in [1.807, 2.05) is 6.07 Å². The van der Waals surface area contributed by atoms with Gasteiger partial charge in [-0.25, -0.2) is 4.98 Å². The number of nitriles is 1. The number of nitrogens with one attached hydrogen (secondary N) is 2. The Morgan fingerprint density at radius 3 is 2.73 bits per heavy atom. The minimum atomic E-state index is -0.532. The fraction of sp³-hybridized carbons (Fsp3) is 0.0625. The molecule has 0 atom stereocenters. The molecule has 1 aromatic heterocycles. The number of amides is 1. The Balaban J connectivity index is 2.11. The molecule has 1 heterocycles. The first kappa shape index (κ1) is 15.1. The summed E-state index contributed by atoms with van der Waals surface area (Å²) in [6.07, 6.45) is 2.92. The number of aromatic nitrogens is 1. The standard InChI is InChI=1S/C16H14N4O2/c1-22-14-7-3-2-6-13(14)20-16(21)12(10-17)11-19-15-8-4-5-9-18-15/h2-9,11H,1H3,(H,18,19)(H,20,21)/b12-11-. The van der Waals surface area contributed by atoms with Crippen LogP contribution in [0.15, 0.2) is 60.4 Å². The van der Waals surface area contributed by atoms with Gasteiger partial charge in [-0.05, 0) is 24.3 Å². The summed E-state index contributed by atoms with van der Waals surface area (Å²) in [5.41, 5.74) is 0.422. The van der Waals surface area contributed by atoms with Crippen molar-refractivity contribution in [3.63, 3.8) is 0 Å². The summed E-state index contributed by atoms with van der Waals surface area (Å²) in [5.74, 6) is 0.529. The van der Waals surface area contributed by atoms with Gasteiger partial charge >= 0.3 is 0 Å². The van der Waals surface area contributed by atoms with Gasteiger partial charge < -0.3 is 15.4 Å². The smallest absolute Gasteiger partial charge is 0.267 e. The Labute approximate surface area is 128 Å². The molecule has 2 aromatic rings. The van der Waals surface area contributed by atoms with E-state index in [4.69, 9.17) is 10.00 Å². The van der Waals surface area contributed by atoms with E-state index in [9.17, 15) is 4.79 Å². The van der Waals surface area contributed by atoms with Crippen LogP contribution in [0.25, 0.3) is 0 Å². The Morgan fingerprint density at radius 1 is 1.27 bits per heavy atom. The molecule has 0 bridgehead atoms. The fourth-order valence-corrected chi connectivity index (χ4v) is 1.68. The van der Waals surface area contributed by atoms with Crippen LogP contribution in [0, 0.1) is 11.3 Å². The Bertz CT molecular complexity index is 720. The van der Waals surface area contributed by atoms with Crippen LogP contribution in [-0.2, 0) is 4.79 Å². The van der Waals surface area contributed by atoms with Gasteiger partial charge in [0.2, 0.25) is 0 Å². The third-order valence-corrected chi connectivity index (χ3v) is 2.75. The maximum atomic E-state index is 12.1. The molecule has 0 aliphatic heterocycles. The van der Waals surface area contributed by atoms with Crippen molar-refractivity contribution >= 4 is 17.4 Å². The lowest BCUT2D eigenvalue weighted by atomic mass is 10.2. The van der Waals surface area contributed by atoms with Gasteiger partial charge in [0, 0.05) is 12.4 Å². The minimum absolute atomic E-state index is 0.0726. The minimum Gasteiger partial charge on any atom is -0.495 e. The van der Waals surface area contributed by atoms with Gasteiger partial charge in [-0.1, -0.05) is 18.2 Å². The number of ether oxygens (including phenoxy) is 1. The van der Waals surface area contributed by atoms with Crippen LogP contribution in [0.2, 0.25) is 0 Å². The van der Waals surface area contributed by atoms with Crippen LogP contribution >= 0.6 is 0 Å². The zero-order valence-corrected chi connectivity index (χ0v) is 11.9. The quantitative estimate of drug-likeness (QED) is 0.653. The molecule has 1 aromatic carbocycles. The lowest BCUT2D eigenvalue weighted by Gasteiger charge is -2.09. The zero-order valence-electron chi connectivity index (χ0n) is 11.9. The summed E-state index contributed by atoms with van der Waals surface area (Å²) in [7, 11) is 1.51. The van der Waals surface area contributed by atoms with Crippen LogP contribution in [0.3, 0.4) is 0 Å². The van der Waals surface area contributed by atoms with Crippen molar-refractivity contribution in [3.05, 3.63) is 60.4 Å². The topological polar surface area (TPSA) is 87.0 Å². The third-order valence-electron chi connectivity index (χ3n) is 2.75. The van der Waals surface area contributed by atoms with Gasteiger partial charge in [-0.3, -0.25) is 4.79 Å². The van der Waals surface area contributed by atoms with E-state index in [1.165, 1.54) is 13.3 Å². The normalized spacial score (nSPS) is 10.5. The van der Waals surface area contributed by atoms with Crippen LogP contribution < -0.4 is 15.4 Å². The van der Waals surface area contributed by atoms with E-state index in [0.29, 0.717) is 17.3 Å². The number of carbonyl (C=O) groups is 1. The van der Waals surface area contributed by atoms with E-state index in [2.05, 4.69) is 15.6 Å². The molecule has 0 unspecified atom stereocenters. The van der Waals surface area contributed by atoms with Crippen LogP contribution in [0.5, 0.6) is 5.75 Å². The van der Waals surface area contributed by atoms with Crippen molar-refractivity contribution < 1.29 is 9.53 Å². The molecular formula is C16H14N4O2. The molecule has 0 spiro atoms. The molecule has 1 amide bonds. The van der Waals surface area contributed by atoms with Gasteiger partial charge in [0.15, 0.2) is 0 Å². The number of rotatable bonds is 5. The van der Waals surface area contributed by atoms with E-state index >= 15 is 0 Å². The average molecular weight is 294 g/mol. The summed E-state index contributed by atoms with van der Waals surface area (Å²) in [6, 6.07) is 14.1. The van der Waals surface area contributed by atoms with Crippen LogP contribution in [0.4, 0.5) is 11.5 Å². The third kappa shape index (κ3) is 3.84. The molecular weight excluding hydrogens is 280 g/mol. The molecule has 22 heavy (non-hydrogen) atoms. The zero-order chi connectivity index (χ0) is 15.8. The Morgan fingerprint density at radius 2 is 2.05 bits per heavy atom. The number of anilines is 2. The lowest BCUT2D eigenvalue weighted by Crippen LogP contribution is -2.15. The number of methoxy groups -OCH3 is 1. The van der Waals surface area contributed by atoms with Gasteiger partial charge in [0.1, 0.15) is 23.2 Å². The van der Waals surface area contributed by atoms with Crippen molar-refractivity contribution in [1.82, 2.24) is 4.98 Å². The molecule has 0 aliphatic carbocycles. The second-order valence-electron chi connectivity index (χ2n) is 4.18. The van der Waals surface area contributed by atoms with E-state index in [0.717, 1.165) is 0 Å². The van der Waals surface area contributed by atoms with Crippen LogP contribution in [0.1, 0.15) is 0 Å². The molecule has 0 saturated carbocycles. The Kier molecular flexibility index (Phi) is 5.10. The van der Waals surface area contributed by atoms with E-state index in [-0.39, 0.29) is 5.57 Å². The fourth-order valence-electron chi connectivity index (χ4n) is 1.68. The van der Waals surface area contributed by atoms with E-state index < -0.39 is 5.91 Å². The summed E-state index contributed by atoms with van der Waals surface area (Å²) in [5, 5.41) is 14.5. The highest BCUT2D eigenvalue weighted by Crippen LogP contribution is 2.23. The molecule has 0 aliphatic rings. The maximum Gasteiger partial charge on any atom is 0.267 e. The summed E-state index contributed by atoms with van der Waals surface area (Å²) in [6.45, 7) is 0. The molecule has 2 rings (SSSR count). The van der Waals surface area contributed by atoms with Gasteiger partial charge in [0.05, 0.1) is 12.8 Å². The molecule has 2 N–H and O–H groups in total. The molecule has 6 heteroatoms. The van der Waals surface area contributed by atoms with Gasteiger partial charge in [0.25, 0.3) is 5.91 Å². The lowest BCUT2D eigenvalue weighted by molar-refractivity contribution is -0.112. The first-order valence-corrected chi connectivity index (χ1v) is 6.47. The highest BCUT2D eigenvalue weighted by molar-refractivity contribution is 6.07. The second-order valence-corrected chi connectivity index (χ2v) is 4.18. The van der Waals surface area contributed by atoms with E-state index in [1.54, 1.807) is 48.7 Å². The average Bonchev–Trinajstić information content (AvgIpc) is 2.57. The second kappa shape index (κ2) is 7.45. The number of hydrogen-bond donors (Lipinski definition) is 2. The van der Waals surface area contributed by atoms with Crippen molar-refractivity contribution in [2.45, 2.75) is 0 Å². The number of para-hydroxylation sites is 2. The first-order chi connectivity index (χ1) is 10.7.